The maximum Gasteiger partial charge on any atom is 0.266 e. The normalized spacial score (nSPS) is 20.2. The van der Waals surface area contributed by atoms with E-state index < -0.39 is 0 Å². The van der Waals surface area contributed by atoms with Crippen LogP contribution in [-0.2, 0) is 6.54 Å². The molecule has 2 aromatic heterocycles. The molecule has 9 nitrogen and oxygen atoms in total. The molecule has 1 aliphatic carbocycles. The summed E-state index contributed by atoms with van der Waals surface area (Å²) in [6, 6.07) is 18.8. The van der Waals surface area contributed by atoms with E-state index in [1.165, 1.54) is 12.7 Å². The third-order valence-electron chi connectivity index (χ3n) is 7.42. The van der Waals surface area contributed by atoms with Gasteiger partial charge < -0.3 is 14.8 Å². The van der Waals surface area contributed by atoms with Crippen LogP contribution in [0.2, 0.25) is 0 Å². The first kappa shape index (κ1) is 20.9. The molecular formula is C27H26N8O. The molecule has 2 atom stereocenters. The van der Waals surface area contributed by atoms with E-state index in [4.69, 9.17) is 4.99 Å². The van der Waals surface area contributed by atoms with Crippen LogP contribution >= 0.6 is 0 Å². The molecule has 0 bridgehead atoms. The van der Waals surface area contributed by atoms with Gasteiger partial charge in [-0.1, -0.05) is 30.3 Å². The monoisotopic (exact) mass is 478 g/mol. The average Bonchev–Trinajstić information content (AvgIpc) is 3.69. The Hall–Kier alpha value is -4.40. The predicted octanol–water partition coefficient (Wildman–Crippen LogP) is 4.04. The van der Waals surface area contributed by atoms with Crippen LogP contribution in [0.15, 0.2) is 78.4 Å². The van der Waals surface area contributed by atoms with Crippen LogP contribution in [0.5, 0.6) is 0 Å². The number of nitrogens with zero attached hydrogens (tertiary/aromatic N) is 7. The summed E-state index contributed by atoms with van der Waals surface area (Å²) in [5.74, 6) is 1.55. The highest BCUT2D eigenvalue weighted by Gasteiger charge is 2.48. The van der Waals surface area contributed by atoms with E-state index >= 15 is 0 Å². The van der Waals surface area contributed by atoms with Crippen molar-refractivity contribution in [3.8, 4) is 5.69 Å². The third-order valence-corrected chi connectivity index (χ3v) is 7.42. The molecule has 36 heavy (non-hydrogen) atoms. The van der Waals surface area contributed by atoms with Gasteiger partial charge in [0.15, 0.2) is 0 Å². The minimum Gasteiger partial charge on any atom is -0.341 e. The molecule has 4 heterocycles. The summed E-state index contributed by atoms with van der Waals surface area (Å²) in [5, 5.41) is 7.76. The number of aromatic nitrogens is 4. The summed E-state index contributed by atoms with van der Waals surface area (Å²) in [5.41, 5.74) is 4.66. The van der Waals surface area contributed by atoms with Crippen molar-refractivity contribution in [3.05, 3.63) is 84.6 Å². The van der Waals surface area contributed by atoms with Crippen molar-refractivity contribution in [1.82, 2.24) is 24.2 Å². The third kappa shape index (κ3) is 3.23. The zero-order chi connectivity index (χ0) is 24.2. The lowest BCUT2D eigenvalue weighted by Gasteiger charge is -2.35. The molecule has 9 heteroatoms. The standard InChI is InChI=1S/C27H26N8O/c1-32-26(36)24-23(35-22-9-5-8-21(22)31-27(32)35)15-33(25(24)30-19-6-3-2-4-7-19)14-18-10-12-20(13-11-18)34-17-28-16-29-34/h2-4,6-7,10-13,15-17,21-22,30H,5,8-9,14H2,1H3/t21-,22+/m1/s1. The molecule has 7 rings (SSSR count). The van der Waals surface area contributed by atoms with Gasteiger partial charge in [-0.15, -0.1) is 0 Å². The van der Waals surface area contributed by atoms with Crippen LogP contribution in [0.4, 0.5) is 17.2 Å². The number of para-hydroxylation sites is 1. The number of fused-ring (bicyclic) bond motifs is 5. The van der Waals surface area contributed by atoms with Crippen LogP contribution in [0.25, 0.3) is 5.69 Å². The lowest BCUT2D eigenvalue weighted by molar-refractivity contribution is 0.0866. The van der Waals surface area contributed by atoms with E-state index in [-0.39, 0.29) is 11.9 Å². The van der Waals surface area contributed by atoms with Crippen molar-refractivity contribution in [1.29, 1.82) is 0 Å². The van der Waals surface area contributed by atoms with Crippen LogP contribution in [0.1, 0.15) is 35.2 Å². The molecule has 3 aliphatic rings. The van der Waals surface area contributed by atoms with Gasteiger partial charge in [-0.2, -0.15) is 5.10 Å². The highest BCUT2D eigenvalue weighted by molar-refractivity contribution is 6.22. The van der Waals surface area contributed by atoms with Crippen molar-refractivity contribution >= 4 is 29.1 Å². The number of carbonyl (C=O) groups is 1. The second kappa shape index (κ2) is 8.08. The number of carbonyl (C=O) groups excluding carboxylic acids is 1. The SMILES string of the molecule is CN1C(=O)c2c(cn(Cc3ccc(-n4cncn4)cc3)c2Nc2ccccc2)N2C1=N[C@@H]1CCC[C@@H]12. The van der Waals surface area contributed by atoms with Crippen molar-refractivity contribution in [2.75, 3.05) is 17.3 Å². The van der Waals surface area contributed by atoms with Crippen LogP contribution in [0.3, 0.4) is 0 Å². The first-order chi connectivity index (χ1) is 17.7. The molecule has 2 aromatic carbocycles. The van der Waals surface area contributed by atoms with E-state index in [9.17, 15) is 4.79 Å². The lowest BCUT2D eigenvalue weighted by Crippen LogP contribution is -2.51. The summed E-state index contributed by atoms with van der Waals surface area (Å²) in [6.07, 6.45) is 8.67. The fraction of sp³-hybridized carbons (Fsp3) is 0.259. The average molecular weight is 479 g/mol. The van der Waals surface area contributed by atoms with Gasteiger partial charge in [0.2, 0.25) is 5.96 Å². The molecule has 1 amide bonds. The van der Waals surface area contributed by atoms with Gasteiger partial charge in [-0.05, 0) is 49.1 Å². The second-order valence-corrected chi connectivity index (χ2v) is 9.59. The fourth-order valence-electron chi connectivity index (χ4n) is 5.67. The molecule has 2 aliphatic heterocycles. The zero-order valence-electron chi connectivity index (χ0n) is 20.0. The molecule has 0 spiro atoms. The molecule has 1 fully saturated rings. The van der Waals surface area contributed by atoms with Gasteiger partial charge in [0, 0.05) is 25.5 Å². The number of amides is 1. The van der Waals surface area contributed by atoms with E-state index in [0.29, 0.717) is 18.2 Å². The Morgan fingerprint density at radius 3 is 2.67 bits per heavy atom. The number of hydrogen-bond acceptors (Lipinski definition) is 6. The molecule has 0 saturated heterocycles. The molecule has 0 radical (unpaired) electrons. The number of nitrogens with one attached hydrogen (secondary N) is 1. The maximum absolute atomic E-state index is 13.7. The minimum absolute atomic E-state index is 0.0290. The second-order valence-electron chi connectivity index (χ2n) is 9.59. The summed E-state index contributed by atoms with van der Waals surface area (Å²) in [6.45, 7) is 0.616. The van der Waals surface area contributed by atoms with E-state index in [1.807, 2.05) is 49.5 Å². The first-order valence-electron chi connectivity index (χ1n) is 12.3. The van der Waals surface area contributed by atoms with Crippen LogP contribution < -0.4 is 10.2 Å². The highest BCUT2D eigenvalue weighted by Crippen LogP contribution is 2.44. The van der Waals surface area contributed by atoms with Gasteiger partial charge in [-0.25, -0.2) is 14.7 Å². The van der Waals surface area contributed by atoms with Crippen molar-refractivity contribution < 1.29 is 4.79 Å². The number of hydrogen-bond donors (Lipinski definition) is 1. The van der Waals surface area contributed by atoms with Crippen LogP contribution in [0, 0.1) is 0 Å². The molecule has 4 aromatic rings. The Bertz CT molecular complexity index is 1460. The number of benzene rings is 2. The van der Waals surface area contributed by atoms with Gasteiger partial charge in [-0.3, -0.25) is 9.69 Å². The summed E-state index contributed by atoms with van der Waals surface area (Å²) >= 11 is 0. The Morgan fingerprint density at radius 2 is 1.89 bits per heavy atom. The summed E-state index contributed by atoms with van der Waals surface area (Å²) < 4.78 is 3.89. The number of aliphatic imine (C=N–C) groups is 1. The number of guanidine groups is 1. The van der Waals surface area contributed by atoms with Crippen molar-refractivity contribution in [3.63, 3.8) is 0 Å². The summed E-state index contributed by atoms with van der Waals surface area (Å²) in [7, 11) is 1.84. The number of rotatable bonds is 5. The Morgan fingerprint density at radius 1 is 1.06 bits per heavy atom. The molecular weight excluding hydrogens is 452 g/mol. The Kier molecular flexibility index (Phi) is 4.70. The van der Waals surface area contributed by atoms with Gasteiger partial charge >= 0.3 is 0 Å². The minimum atomic E-state index is -0.0290. The Labute approximate surface area is 208 Å². The summed E-state index contributed by atoms with van der Waals surface area (Å²) in [4.78, 5) is 26.7. The largest absolute Gasteiger partial charge is 0.341 e. The molecule has 180 valence electrons. The van der Waals surface area contributed by atoms with Crippen molar-refractivity contribution in [2.24, 2.45) is 4.99 Å². The van der Waals surface area contributed by atoms with E-state index in [0.717, 1.165) is 47.2 Å². The predicted molar refractivity (Wildman–Crippen MR) is 138 cm³/mol. The maximum atomic E-state index is 13.7. The van der Waals surface area contributed by atoms with Gasteiger partial charge in [0.1, 0.15) is 24.0 Å². The molecule has 1 N–H and O–H groups in total. The molecule has 0 unspecified atom stereocenters. The lowest BCUT2D eigenvalue weighted by atomic mass is 10.1. The highest BCUT2D eigenvalue weighted by atomic mass is 16.2. The van der Waals surface area contributed by atoms with Crippen LogP contribution in [-0.4, -0.2) is 55.2 Å². The van der Waals surface area contributed by atoms with Gasteiger partial charge in [0.25, 0.3) is 5.91 Å². The smallest absolute Gasteiger partial charge is 0.266 e. The van der Waals surface area contributed by atoms with Gasteiger partial charge in [0.05, 0.1) is 23.5 Å². The topological polar surface area (TPSA) is 83.6 Å². The molecule has 1 saturated carbocycles. The fourth-order valence-corrected chi connectivity index (χ4v) is 5.67. The quantitative estimate of drug-likeness (QED) is 0.468. The first-order valence-corrected chi connectivity index (χ1v) is 12.3. The van der Waals surface area contributed by atoms with Crippen molar-refractivity contribution in [2.45, 2.75) is 37.9 Å². The zero-order valence-corrected chi connectivity index (χ0v) is 20.0. The van der Waals surface area contributed by atoms with E-state index in [1.54, 1.807) is 15.9 Å². The van der Waals surface area contributed by atoms with E-state index in [2.05, 4.69) is 43.2 Å². The number of anilines is 3. The Balaban J connectivity index is 1.31.